The second-order valence-corrected chi connectivity index (χ2v) is 3.28. The summed E-state index contributed by atoms with van der Waals surface area (Å²) in [5.41, 5.74) is 0. The van der Waals surface area contributed by atoms with Gasteiger partial charge < -0.3 is 9.84 Å². The van der Waals surface area contributed by atoms with Crippen molar-refractivity contribution in [3.8, 4) is 0 Å². The van der Waals surface area contributed by atoms with Crippen molar-refractivity contribution in [3.63, 3.8) is 0 Å². The number of hydrogen-bond donors (Lipinski definition) is 2. The van der Waals surface area contributed by atoms with Crippen LogP contribution in [-0.2, 0) is 9.53 Å². The molecule has 0 amide bonds. The molecule has 1 atom stereocenters. The molecule has 1 heterocycles. The van der Waals surface area contributed by atoms with Gasteiger partial charge in [0.2, 0.25) is 0 Å². The summed E-state index contributed by atoms with van der Waals surface area (Å²) in [6, 6.07) is 0. The van der Waals surface area contributed by atoms with Gasteiger partial charge in [-0.3, -0.25) is 10.1 Å². The maximum absolute atomic E-state index is 10.3. The molecule has 1 aliphatic heterocycles. The summed E-state index contributed by atoms with van der Waals surface area (Å²) in [5.74, 6) is -0.769. The standard InChI is InChI=1S/C7H14O2.C3H7NO/c1-3-5-6(4-2)7(8)9;1-2-5-3-4-1/h6H,3-5H2,1-2H3,(H,8,9);4H,1-3H2. The molecule has 4 heteroatoms. The highest BCUT2D eigenvalue weighted by Crippen LogP contribution is 2.09. The molecular weight excluding hydrogens is 182 g/mol. The topological polar surface area (TPSA) is 58.6 Å². The van der Waals surface area contributed by atoms with E-state index in [1.807, 2.05) is 13.8 Å². The minimum atomic E-state index is -0.653. The third-order valence-corrected chi connectivity index (χ3v) is 2.11. The van der Waals surface area contributed by atoms with Gasteiger partial charge in [-0.25, -0.2) is 0 Å². The van der Waals surface area contributed by atoms with Crippen LogP contribution in [0.2, 0.25) is 0 Å². The SMILES string of the molecule is C1COCN1.CCCC(CC)C(=O)O. The van der Waals surface area contributed by atoms with Crippen LogP contribution in [0.3, 0.4) is 0 Å². The first-order valence-electron chi connectivity index (χ1n) is 5.23. The minimum Gasteiger partial charge on any atom is -0.481 e. The lowest BCUT2D eigenvalue weighted by atomic mass is 10.0. The molecule has 0 aliphatic carbocycles. The third-order valence-electron chi connectivity index (χ3n) is 2.11. The molecule has 1 rings (SSSR count). The second-order valence-electron chi connectivity index (χ2n) is 3.28. The van der Waals surface area contributed by atoms with Crippen molar-refractivity contribution in [2.75, 3.05) is 19.9 Å². The van der Waals surface area contributed by atoms with Gasteiger partial charge in [-0.05, 0) is 12.8 Å². The molecule has 0 aromatic rings. The molecule has 0 saturated carbocycles. The average molecular weight is 203 g/mol. The van der Waals surface area contributed by atoms with E-state index in [1.165, 1.54) is 0 Å². The van der Waals surface area contributed by atoms with Gasteiger partial charge in [0.15, 0.2) is 0 Å². The zero-order valence-corrected chi connectivity index (χ0v) is 9.08. The largest absolute Gasteiger partial charge is 0.481 e. The highest BCUT2D eigenvalue weighted by Gasteiger charge is 2.12. The first-order chi connectivity index (χ1) is 6.72. The van der Waals surface area contributed by atoms with Crippen LogP contribution in [0.25, 0.3) is 0 Å². The Labute approximate surface area is 85.6 Å². The number of carbonyl (C=O) groups is 1. The van der Waals surface area contributed by atoms with E-state index in [4.69, 9.17) is 9.84 Å². The van der Waals surface area contributed by atoms with Crippen LogP contribution >= 0.6 is 0 Å². The number of carboxylic acid groups (broad SMARTS) is 1. The zero-order valence-electron chi connectivity index (χ0n) is 9.08. The van der Waals surface area contributed by atoms with Gasteiger partial charge in [0.1, 0.15) is 0 Å². The Kier molecular flexibility index (Phi) is 8.57. The molecule has 0 aromatic carbocycles. The molecule has 84 valence electrons. The normalized spacial score (nSPS) is 17.0. The van der Waals surface area contributed by atoms with Gasteiger partial charge in [0.05, 0.1) is 19.3 Å². The van der Waals surface area contributed by atoms with Crippen molar-refractivity contribution in [3.05, 3.63) is 0 Å². The second kappa shape index (κ2) is 8.97. The van der Waals surface area contributed by atoms with Crippen LogP contribution in [0.15, 0.2) is 0 Å². The third kappa shape index (κ3) is 6.86. The van der Waals surface area contributed by atoms with E-state index in [-0.39, 0.29) is 5.92 Å². The van der Waals surface area contributed by atoms with Crippen LogP contribution in [0.5, 0.6) is 0 Å². The van der Waals surface area contributed by atoms with Gasteiger partial charge in [0, 0.05) is 6.54 Å². The van der Waals surface area contributed by atoms with Crippen molar-refractivity contribution in [1.82, 2.24) is 5.32 Å². The fourth-order valence-corrected chi connectivity index (χ4v) is 1.21. The van der Waals surface area contributed by atoms with Gasteiger partial charge in [-0.2, -0.15) is 0 Å². The van der Waals surface area contributed by atoms with E-state index in [9.17, 15) is 4.79 Å². The molecule has 2 N–H and O–H groups in total. The molecule has 1 unspecified atom stereocenters. The fourth-order valence-electron chi connectivity index (χ4n) is 1.21. The van der Waals surface area contributed by atoms with E-state index in [0.29, 0.717) is 0 Å². The lowest BCUT2D eigenvalue weighted by Crippen LogP contribution is -2.11. The Hall–Kier alpha value is -0.610. The molecule has 4 nitrogen and oxygen atoms in total. The van der Waals surface area contributed by atoms with E-state index in [0.717, 1.165) is 39.1 Å². The summed E-state index contributed by atoms with van der Waals surface area (Å²) < 4.78 is 4.83. The number of carboxylic acids is 1. The van der Waals surface area contributed by atoms with Gasteiger partial charge >= 0.3 is 5.97 Å². The van der Waals surface area contributed by atoms with Crippen LogP contribution in [0, 0.1) is 5.92 Å². The summed E-state index contributed by atoms with van der Waals surface area (Å²) in [6.07, 6.45) is 2.53. The fraction of sp³-hybridized carbons (Fsp3) is 0.900. The van der Waals surface area contributed by atoms with Crippen molar-refractivity contribution in [2.24, 2.45) is 5.92 Å². The summed E-state index contributed by atoms with van der Waals surface area (Å²) >= 11 is 0. The first kappa shape index (κ1) is 13.4. The number of nitrogens with one attached hydrogen (secondary N) is 1. The maximum atomic E-state index is 10.3. The zero-order chi connectivity index (χ0) is 10.8. The monoisotopic (exact) mass is 203 g/mol. The number of hydrogen-bond acceptors (Lipinski definition) is 3. The smallest absolute Gasteiger partial charge is 0.306 e. The molecule has 1 saturated heterocycles. The Morgan fingerprint density at radius 2 is 2.29 bits per heavy atom. The molecular formula is C10H21NO3. The van der Waals surface area contributed by atoms with Crippen LogP contribution in [0.4, 0.5) is 0 Å². The van der Waals surface area contributed by atoms with E-state index >= 15 is 0 Å². The van der Waals surface area contributed by atoms with E-state index in [2.05, 4.69) is 5.32 Å². The molecule has 1 fully saturated rings. The lowest BCUT2D eigenvalue weighted by molar-refractivity contribution is -0.142. The predicted molar refractivity (Wildman–Crippen MR) is 55.1 cm³/mol. The number of aliphatic carboxylic acids is 1. The highest BCUT2D eigenvalue weighted by molar-refractivity contribution is 5.69. The Balaban J connectivity index is 0.000000280. The van der Waals surface area contributed by atoms with Crippen molar-refractivity contribution >= 4 is 5.97 Å². The van der Waals surface area contributed by atoms with Crippen molar-refractivity contribution in [1.29, 1.82) is 0 Å². The summed E-state index contributed by atoms with van der Waals surface area (Å²) in [4.78, 5) is 10.3. The van der Waals surface area contributed by atoms with Crippen LogP contribution in [0.1, 0.15) is 33.1 Å². The Bertz CT molecular complexity index is 139. The van der Waals surface area contributed by atoms with Crippen LogP contribution in [-0.4, -0.2) is 31.0 Å². The van der Waals surface area contributed by atoms with Gasteiger partial charge in [-0.1, -0.05) is 20.3 Å². The summed E-state index contributed by atoms with van der Waals surface area (Å²) in [5, 5.41) is 11.5. The molecule has 0 radical (unpaired) electrons. The quantitative estimate of drug-likeness (QED) is 0.726. The molecule has 14 heavy (non-hydrogen) atoms. The lowest BCUT2D eigenvalue weighted by Gasteiger charge is -2.05. The van der Waals surface area contributed by atoms with Crippen LogP contribution < -0.4 is 5.32 Å². The van der Waals surface area contributed by atoms with E-state index < -0.39 is 5.97 Å². The maximum Gasteiger partial charge on any atom is 0.306 e. The Morgan fingerprint density at radius 3 is 2.43 bits per heavy atom. The molecule has 0 aromatic heterocycles. The minimum absolute atomic E-state index is 0.116. The number of ether oxygens (including phenoxy) is 1. The predicted octanol–water partition coefficient (Wildman–Crippen LogP) is 1.46. The first-order valence-corrected chi connectivity index (χ1v) is 5.23. The molecule has 0 bridgehead atoms. The molecule has 1 aliphatic rings. The summed E-state index contributed by atoms with van der Waals surface area (Å²) in [7, 11) is 0. The van der Waals surface area contributed by atoms with Crippen molar-refractivity contribution < 1.29 is 14.6 Å². The molecule has 0 spiro atoms. The Morgan fingerprint density at radius 1 is 1.57 bits per heavy atom. The average Bonchev–Trinajstić information content (AvgIpc) is 2.71. The number of rotatable bonds is 4. The van der Waals surface area contributed by atoms with E-state index in [1.54, 1.807) is 0 Å². The summed E-state index contributed by atoms with van der Waals surface area (Å²) in [6.45, 7) is 6.58. The van der Waals surface area contributed by atoms with Gasteiger partial charge in [-0.15, -0.1) is 0 Å². The highest BCUT2D eigenvalue weighted by atomic mass is 16.5. The van der Waals surface area contributed by atoms with Crippen molar-refractivity contribution in [2.45, 2.75) is 33.1 Å². The van der Waals surface area contributed by atoms with Gasteiger partial charge in [0.25, 0.3) is 0 Å².